The van der Waals surface area contributed by atoms with Gasteiger partial charge >= 0.3 is 0 Å². The number of hydrogen-bond acceptors (Lipinski definition) is 4. The summed E-state index contributed by atoms with van der Waals surface area (Å²) < 4.78 is 1.05. The van der Waals surface area contributed by atoms with Crippen LogP contribution in [-0.2, 0) is 0 Å². The minimum atomic E-state index is -0.458. The molecule has 0 aliphatic heterocycles. The van der Waals surface area contributed by atoms with Gasteiger partial charge < -0.3 is 0 Å². The lowest BCUT2D eigenvalue weighted by molar-refractivity contribution is -0.385. The topological polar surface area (TPSA) is 71.1 Å². The molecular formula is C10H12Br2N4O2. The Bertz CT molecular complexity index is 452. The third-order valence-electron chi connectivity index (χ3n) is 2.21. The second kappa shape index (κ2) is 6.79. The van der Waals surface area contributed by atoms with Crippen LogP contribution in [0, 0.1) is 10.1 Å². The SMILES string of the molecule is CCN(CC)N=Nc1c(Br)cc([N+](=O)[O-])cc1Br. The molecule has 0 bridgehead atoms. The van der Waals surface area contributed by atoms with E-state index in [1.165, 1.54) is 12.1 Å². The van der Waals surface area contributed by atoms with Crippen molar-refractivity contribution in [1.29, 1.82) is 0 Å². The van der Waals surface area contributed by atoms with Crippen LogP contribution in [0.15, 0.2) is 31.4 Å². The smallest absolute Gasteiger partial charge is 0.271 e. The third-order valence-corrected chi connectivity index (χ3v) is 3.42. The van der Waals surface area contributed by atoms with Gasteiger partial charge in [-0.2, -0.15) is 0 Å². The average Bonchev–Trinajstić information content (AvgIpc) is 2.32. The van der Waals surface area contributed by atoms with Crippen molar-refractivity contribution in [2.24, 2.45) is 10.3 Å². The number of non-ortho nitro benzene ring substituents is 1. The first-order chi connectivity index (χ1) is 8.49. The number of rotatable bonds is 5. The molecule has 0 spiro atoms. The Morgan fingerprint density at radius 3 is 2.17 bits per heavy atom. The maximum atomic E-state index is 10.7. The van der Waals surface area contributed by atoms with Gasteiger partial charge in [0.15, 0.2) is 0 Å². The van der Waals surface area contributed by atoms with Gasteiger partial charge in [-0.15, -0.1) is 5.11 Å². The molecule has 0 atom stereocenters. The van der Waals surface area contributed by atoms with E-state index in [0.29, 0.717) is 14.6 Å². The Balaban J connectivity index is 3.07. The highest BCUT2D eigenvalue weighted by atomic mass is 79.9. The first-order valence-corrected chi connectivity index (χ1v) is 6.88. The van der Waals surface area contributed by atoms with E-state index in [1.54, 1.807) is 5.01 Å². The van der Waals surface area contributed by atoms with Crippen molar-refractivity contribution in [1.82, 2.24) is 5.01 Å². The molecule has 6 nitrogen and oxygen atoms in total. The minimum absolute atomic E-state index is 0.00413. The summed E-state index contributed by atoms with van der Waals surface area (Å²) in [4.78, 5) is 10.2. The highest BCUT2D eigenvalue weighted by molar-refractivity contribution is 9.11. The number of benzene rings is 1. The number of nitrogens with zero attached hydrogens (tertiary/aromatic N) is 4. The summed E-state index contributed by atoms with van der Waals surface area (Å²) in [5, 5.41) is 20.6. The van der Waals surface area contributed by atoms with E-state index in [9.17, 15) is 10.1 Å². The molecule has 0 radical (unpaired) electrons. The maximum Gasteiger partial charge on any atom is 0.271 e. The van der Waals surface area contributed by atoms with Gasteiger partial charge in [-0.05, 0) is 45.7 Å². The zero-order chi connectivity index (χ0) is 13.7. The Hall–Kier alpha value is -1.02. The molecule has 0 saturated heterocycles. The minimum Gasteiger partial charge on any atom is -0.279 e. The standard InChI is InChI=1S/C10H12Br2N4O2/c1-3-15(4-2)14-13-10-8(11)5-7(16(17)18)6-9(10)12/h5-6H,3-4H2,1-2H3. The molecule has 0 amide bonds. The van der Waals surface area contributed by atoms with Crippen molar-refractivity contribution in [3.05, 3.63) is 31.2 Å². The summed E-state index contributed by atoms with van der Waals surface area (Å²) in [7, 11) is 0. The second-order valence-electron chi connectivity index (χ2n) is 3.34. The van der Waals surface area contributed by atoms with Crippen LogP contribution in [0.5, 0.6) is 0 Å². The molecule has 0 aliphatic rings. The van der Waals surface area contributed by atoms with Gasteiger partial charge in [-0.3, -0.25) is 15.1 Å². The fourth-order valence-electron chi connectivity index (χ4n) is 1.21. The molecule has 0 unspecified atom stereocenters. The number of halogens is 2. The van der Waals surface area contributed by atoms with E-state index in [2.05, 4.69) is 42.2 Å². The molecule has 0 aromatic heterocycles. The molecule has 1 aromatic carbocycles. The molecule has 98 valence electrons. The summed E-state index contributed by atoms with van der Waals surface area (Å²) in [6.45, 7) is 5.45. The first kappa shape index (κ1) is 15.0. The van der Waals surface area contributed by atoms with Gasteiger partial charge in [0.25, 0.3) is 5.69 Å². The van der Waals surface area contributed by atoms with Crippen molar-refractivity contribution in [2.45, 2.75) is 13.8 Å². The highest BCUT2D eigenvalue weighted by Gasteiger charge is 2.13. The number of nitro groups is 1. The molecule has 0 aliphatic carbocycles. The van der Waals surface area contributed by atoms with E-state index in [-0.39, 0.29) is 5.69 Å². The van der Waals surface area contributed by atoms with Crippen molar-refractivity contribution >= 4 is 43.2 Å². The Labute approximate surface area is 121 Å². The molecule has 0 saturated carbocycles. The second-order valence-corrected chi connectivity index (χ2v) is 5.05. The van der Waals surface area contributed by atoms with E-state index < -0.39 is 4.92 Å². The molecule has 1 rings (SSSR count). The summed E-state index contributed by atoms with van der Waals surface area (Å²) >= 11 is 6.51. The van der Waals surface area contributed by atoms with Gasteiger partial charge in [-0.25, -0.2) is 0 Å². The van der Waals surface area contributed by atoms with Crippen LogP contribution in [0.25, 0.3) is 0 Å². The van der Waals surface area contributed by atoms with Crippen molar-refractivity contribution in [3.63, 3.8) is 0 Å². The van der Waals surface area contributed by atoms with Gasteiger partial charge in [0.1, 0.15) is 5.69 Å². The van der Waals surface area contributed by atoms with Gasteiger partial charge in [0, 0.05) is 25.2 Å². The Morgan fingerprint density at radius 2 is 1.78 bits per heavy atom. The van der Waals surface area contributed by atoms with Crippen LogP contribution in [0.2, 0.25) is 0 Å². The first-order valence-electron chi connectivity index (χ1n) is 5.29. The van der Waals surface area contributed by atoms with Crippen LogP contribution < -0.4 is 0 Å². The summed E-state index contributed by atoms with van der Waals surface area (Å²) in [6, 6.07) is 2.81. The van der Waals surface area contributed by atoms with Gasteiger partial charge in [0.05, 0.1) is 13.9 Å². The fourth-order valence-corrected chi connectivity index (χ4v) is 2.53. The molecule has 0 heterocycles. The van der Waals surface area contributed by atoms with Gasteiger partial charge in [0.2, 0.25) is 0 Å². The van der Waals surface area contributed by atoms with Crippen LogP contribution >= 0.6 is 31.9 Å². The molecule has 18 heavy (non-hydrogen) atoms. The predicted molar refractivity (Wildman–Crippen MR) is 75.9 cm³/mol. The molecule has 8 heteroatoms. The van der Waals surface area contributed by atoms with Gasteiger partial charge in [-0.1, -0.05) is 5.22 Å². The monoisotopic (exact) mass is 378 g/mol. The van der Waals surface area contributed by atoms with Crippen LogP contribution in [0.3, 0.4) is 0 Å². The summed E-state index contributed by atoms with van der Waals surface area (Å²) in [5.41, 5.74) is 0.531. The van der Waals surface area contributed by atoms with Crippen LogP contribution in [-0.4, -0.2) is 23.0 Å². The van der Waals surface area contributed by atoms with E-state index in [1.807, 2.05) is 13.8 Å². The van der Waals surface area contributed by atoms with E-state index >= 15 is 0 Å². The van der Waals surface area contributed by atoms with Crippen molar-refractivity contribution in [2.75, 3.05) is 13.1 Å². The Morgan fingerprint density at radius 1 is 1.28 bits per heavy atom. The Kier molecular flexibility index (Phi) is 5.67. The largest absolute Gasteiger partial charge is 0.279 e. The van der Waals surface area contributed by atoms with Crippen molar-refractivity contribution in [3.8, 4) is 0 Å². The lowest BCUT2D eigenvalue weighted by atomic mass is 10.3. The third kappa shape index (κ3) is 3.74. The number of nitro benzene ring substituents is 1. The zero-order valence-electron chi connectivity index (χ0n) is 9.93. The quantitative estimate of drug-likeness (QED) is 0.430. The molecule has 0 fully saturated rings. The van der Waals surface area contributed by atoms with E-state index in [4.69, 9.17) is 0 Å². The average molecular weight is 380 g/mol. The lowest BCUT2D eigenvalue weighted by Crippen LogP contribution is -2.14. The summed E-state index contributed by atoms with van der Waals surface area (Å²) in [5.74, 6) is 0. The zero-order valence-corrected chi connectivity index (χ0v) is 13.1. The highest BCUT2D eigenvalue weighted by Crippen LogP contribution is 2.37. The predicted octanol–water partition coefficient (Wildman–Crippen LogP) is 4.46. The number of hydrogen-bond donors (Lipinski definition) is 0. The fraction of sp³-hybridized carbons (Fsp3) is 0.400. The van der Waals surface area contributed by atoms with Crippen LogP contribution in [0.4, 0.5) is 11.4 Å². The molecule has 0 N–H and O–H groups in total. The lowest BCUT2D eigenvalue weighted by Gasteiger charge is -2.11. The molecular weight excluding hydrogens is 368 g/mol. The van der Waals surface area contributed by atoms with Crippen molar-refractivity contribution < 1.29 is 4.92 Å². The normalized spacial score (nSPS) is 10.9. The summed E-state index contributed by atoms with van der Waals surface area (Å²) in [6.07, 6.45) is 0. The van der Waals surface area contributed by atoms with E-state index in [0.717, 1.165) is 13.1 Å². The molecule has 1 aromatic rings. The maximum absolute atomic E-state index is 10.7. The van der Waals surface area contributed by atoms with Crippen LogP contribution in [0.1, 0.15) is 13.8 Å².